The standard InChI is InChI=1S/C14H17NO5S/c1-14(2,3)20-13(19)15-11-9(12(17)18)7-5-4-6-8(16)10(7)21-11/h4-6H2,1-3H3,(H,15,19)(H,17,18). The lowest BCUT2D eigenvalue weighted by molar-refractivity contribution is 0.0636. The van der Waals surface area contributed by atoms with Gasteiger partial charge in [-0.15, -0.1) is 11.3 Å². The summed E-state index contributed by atoms with van der Waals surface area (Å²) >= 11 is 1.01. The molecule has 1 amide bonds. The summed E-state index contributed by atoms with van der Waals surface area (Å²) in [6.45, 7) is 5.15. The molecule has 1 heterocycles. The molecular formula is C14H17NO5S. The summed E-state index contributed by atoms with van der Waals surface area (Å²) in [4.78, 5) is 35.5. The molecule has 7 heteroatoms. The van der Waals surface area contributed by atoms with E-state index in [1.165, 1.54) is 0 Å². The van der Waals surface area contributed by atoms with Crippen LogP contribution in [-0.4, -0.2) is 28.6 Å². The van der Waals surface area contributed by atoms with Gasteiger partial charge in [0, 0.05) is 6.42 Å². The zero-order chi connectivity index (χ0) is 15.8. The van der Waals surface area contributed by atoms with E-state index >= 15 is 0 Å². The third kappa shape index (κ3) is 3.41. The number of aromatic carboxylic acids is 1. The number of carbonyl (C=O) groups excluding carboxylic acids is 2. The highest BCUT2D eigenvalue weighted by molar-refractivity contribution is 7.18. The summed E-state index contributed by atoms with van der Waals surface area (Å²) in [7, 11) is 0. The number of nitrogens with one attached hydrogen (secondary N) is 1. The van der Waals surface area contributed by atoms with Crippen LogP contribution < -0.4 is 5.32 Å². The number of ketones is 1. The molecule has 114 valence electrons. The van der Waals surface area contributed by atoms with Crippen LogP contribution in [0.2, 0.25) is 0 Å². The number of carbonyl (C=O) groups is 3. The third-order valence-corrected chi connectivity index (χ3v) is 4.11. The Morgan fingerprint density at radius 2 is 1.95 bits per heavy atom. The molecule has 0 atom stereocenters. The van der Waals surface area contributed by atoms with E-state index < -0.39 is 17.7 Å². The molecule has 1 aromatic rings. The molecule has 21 heavy (non-hydrogen) atoms. The van der Waals surface area contributed by atoms with E-state index in [2.05, 4.69) is 5.32 Å². The summed E-state index contributed by atoms with van der Waals surface area (Å²) in [5, 5.41) is 12.0. The topological polar surface area (TPSA) is 92.7 Å². The number of rotatable bonds is 2. The van der Waals surface area contributed by atoms with Gasteiger partial charge in [-0.3, -0.25) is 10.1 Å². The molecule has 0 fully saturated rings. The summed E-state index contributed by atoms with van der Waals surface area (Å²) in [6.07, 6.45) is 0.860. The van der Waals surface area contributed by atoms with E-state index in [0.717, 1.165) is 11.3 Å². The largest absolute Gasteiger partial charge is 0.478 e. The molecule has 0 spiro atoms. The van der Waals surface area contributed by atoms with Gasteiger partial charge in [0.2, 0.25) is 0 Å². The molecule has 0 saturated heterocycles. The van der Waals surface area contributed by atoms with Crippen LogP contribution in [0.4, 0.5) is 9.80 Å². The minimum Gasteiger partial charge on any atom is -0.478 e. The van der Waals surface area contributed by atoms with Gasteiger partial charge in [-0.1, -0.05) is 0 Å². The van der Waals surface area contributed by atoms with E-state index in [1.807, 2.05) is 0 Å². The van der Waals surface area contributed by atoms with Gasteiger partial charge in [-0.25, -0.2) is 9.59 Å². The molecule has 0 radical (unpaired) electrons. The second-order valence-corrected chi connectivity index (χ2v) is 6.84. The molecule has 0 saturated carbocycles. The van der Waals surface area contributed by atoms with Gasteiger partial charge in [0.1, 0.15) is 10.6 Å². The fourth-order valence-electron chi connectivity index (χ4n) is 2.18. The van der Waals surface area contributed by atoms with Gasteiger partial charge in [0.15, 0.2) is 5.78 Å². The van der Waals surface area contributed by atoms with Crippen molar-refractivity contribution in [3.05, 3.63) is 16.0 Å². The zero-order valence-electron chi connectivity index (χ0n) is 12.1. The predicted octanol–water partition coefficient (Wildman–Crippen LogP) is 3.31. The first-order valence-corrected chi connectivity index (χ1v) is 7.43. The Labute approximate surface area is 126 Å². The number of hydrogen-bond donors (Lipinski definition) is 2. The van der Waals surface area contributed by atoms with Crippen molar-refractivity contribution in [3.63, 3.8) is 0 Å². The normalized spacial score (nSPS) is 14.5. The van der Waals surface area contributed by atoms with E-state index in [4.69, 9.17) is 4.74 Å². The number of thiophene rings is 1. The molecule has 1 aliphatic rings. The third-order valence-electron chi connectivity index (χ3n) is 2.92. The summed E-state index contributed by atoms with van der Waals surface area (Å²) in [5.41, 5.74) is -0.149. The first-order chi connectivity index (χ1) is 9.69. The molecule has 1 aliphatic carbocycles. The smallest absolute Gasteiger partial charge is 0.412 e. The van der Waals surface area contributed by atoms with E-state index in [-0.39, 0.29) is 16.3 Å². The van der Waals surface area contributed by atoms with Crippen LogP contribution in [0.3, 0.4) is 0 Å². The minimum atomic E-state index is -1.15. The molecule has 6 nitrogen and oxygen atoms in total. The summed E-state index contributed by atoms with van der Waals surface area (Å²) in [5.74, 6) is -1.21. The average Bonchev–Trinajstić information content (AvgIpc) is 2.65. The molecule has 2 rings (SSSR count). The van der Waals surface area contributed by atoms with Crippen molar-refractivity contribution >= 4 is 34.2 Å². The van der Waals surface area contributed by atoms with Crippen molar-refractivity contribution in [3.8, 4) is 0 Å². The van der Waals surface area contributed by atoms with E-state index in [9.17, 15) is 19.5 Å². The van der Waals surface area contributed by atoms with Gasteiger partial charge in [-0.2, -0.15) is 0 Å². The first kappa shape index (κ1) is 15.5. The monoisotopic (exact) mass is 311 g/mol. The Morgan fingerprint density at radius 1 is 1.29 bits per heavy atom. The van der Waals surface area contributed by atoms with Crippen LogP contribution >= 0.6 is 11.3 Å². The predicted molar refractivity (Wildman–Crippen MR) is 78.4 cm³/mol. The molecule has 2 N–H and O–H groups in total. The maximum absolute atomic E-state index is 11.9. The lowest BCUT2D eigenvalue weighted by Gasteiger charge is -2.19. The Balaban J connectivity index is 2.33. The molecule has 0 aliphatic heterocycles. The number of hydrogen-bond acceptors (Lipinski definition) is 5. The van der Waals surface area contributed by atoms with Crippen LogP contribution in [0.1, 0.15) is 59.2 Å². The molecular weight excluding hydrogens is 294 g/mol. The Bertz CT molecular complexity index is 612. The molecule has 0 bridgehead atoms. The highest BCUT2D eigenvalue weighted by atomic mass is 32.1. The SMILES string of the molecule is CC(C)(C)OC(=O)Nc1sc2c(c1C(=O)O)CCCC2=O. The number of carboxylic acid groups (broad SMARTS) is 1. The summed E-state index contributed by atoms with van der Waals surface area (Å²) in [6, 6.07) is 0. The van der Waals surface area contributed by atoms with Crippen LogP contribution in [0, 0.1) is 0 Å². The second kappa shape index (κ2) is 5.48. The highest BCUT2D eigenvalue weighted by Gasteiger charge is 2.30. The minimum absolute atomic E-state index is 0.00825. The Morgan fingerprint density at radius 3 is 2.52 bits per heavy atom. The van der Waals surface area contributed by atoms with E-state index in [1.54, 1.807) is 20.8 Å². The number of Topliss-reactive ketones (excluding diaryl/α,β-unsaturated/α-hetero) is 1. The van der Waals surface area contributed by atoms with Gasteiger partial charge in [-0.05, 0) is 39.2 Å². The maximum atomic E-state index is 11.9. The number of fused-ring (bicyclic) bond motifs is 1. The van der Waals surface area contributed by atoms with Gasteiger partial charge < -0.3 is 9.84 Å². The quantitative estimate of drug-likeness (QED) is 0.874. The lowest BCUT2D eigenvalue weighted by atomic mass is 9.95. The fraction of sp³-hybridized carbons (Fsp3) is 0.500. The second-order valence-electron chi connectivity index (χ2n) is 5.82. The van der Waals surface area contributed by atoms with Crippen LogP contribution in [0.15, 0.2) is 0 Å². The zero-order valence-corrected chi connectivity index (χ0v) is 12.9. The van der Waals surface area contributed by atoms with Crippen LogP contribution in [0.5, 0.6) is 0 Å². The number of carboxylic acids is 1. The van der Waals surface area contributed by atoms with Gasteiger partial charge in [0.05, 0.1) is 10.4 Å². The average molecular weight is 311 g/mol. The summed E-state index contributed by atoms with van der Waals surface area (Å²) < 4.78 is 5.11. The van der Waals surface area contributed by atoms with Crippen molar-refractivity contribution in [2.24, 2.45) is 0 Å². The lowest BCUT2D eigenvalue weighted by Crippen LogP contribution is -2.27. The number of amides is 1. The van der Waals surface area contributed by atoms with Crippen LogP contribution in [-0.2, 0) is 11.2 Å². The highest BCUT2D eigenvalue weighted by Crippen LogP contribution is 2.38. The maximum Gasteiger partial charge on any atom is 0.412 e. The molecule has 0 unspecified atom stereocenters. The van der Waals surface area contributed by atoms with Crippen molar-refractivity contribution < 1.29 is 24.2 Å². The number of ether oxygens (including phenoxy) is 1. The molecule has 0 aromatic carbocycles. The van der Waals surface area contributed by atoms with Gasteiger partial charge in [0.25, 0.3) is 0 Å². The molecule has 1 aromatic heterocycles. The Kier molecular flexibility index (Phi) is 4.04. The van der Waals surface area contributed by atoms with E-state index in [0.29, 0.717) is 29.7 Å². The van der Waals surface area contributed by atoms with Crippen molar-refractivity contribution in [1.29, 1.82) is 0 Å². The number of anilines is 1. The first-order valence-electron chi connectivity index (χ1n) is 6.61. The van der Waals surface area contributed by atoms with Crippen molar-refractivity contribution in [2.75, 3.05) is 5.32 Å². The van der Waals surface area contributed by atoms with Crippen LogP contribution in [0.25, 0.3) is 0 Å². The fourth-order valence-corrected chi connectivity index (χ4v) is 3.37. The Hall–Kier alpha value is -1.89. The van der Waals surface area contributed by atoms with Gasteiger partial charge >= 0.3 is 12.1 Å². The van der Waals surface area contributed by atoms with Crippen molar-refractivity contribution in [2.45, 2.75) is 45.6 Å². The van der Waals surface area contributed by atoms with Crippen molar-refractivity contribution in [1.82, 2.24) is 0 Å².